The van der Waals surface area contributed by atoms with Gasteiger partial charge in [-0.25, -0.2) is 9.97 Å². The molecule has 1 amide bonds. The summed E-state index contributed by atoms with van der Waals surface area (Å²) in [7, 11) is 0. The molecular formula is C20H22N4O2S. The molecule has 0 spiro atoms. The number of carbonyl (C=O) groups is 1. The van der Waals surface area contributed by atoms with Crippen molar-refractivity contribution in [2.24, 2.45) is 5.92 Å². The summed E-state index contributed by atoms with van der Waals surface area (Å²) in [5.74, 6) is 2.13. The second-order valence-corrected chi connectivity index (χ2v) is 8.57. The molecule has 4 heterocycles. The molecule has 2 aliphatic rings. The number of aromatic nitrogens is 2. The van der Waals surface area contributed by atoms with E-state index in [0.29, 0.717) is 24.8 Å². The maximum absolute atomic E-state index is 12.5. The number of furan rings is 1. The van der Waals surface area contributed by atoms with Crippen LogP contribution in [0.5, 0.6) is 0 Å². The van der Waals surface area contributed by atoms with E-state index in [2.05, 4.69) is 21.8 Å². The lowest BCUT2D eigenvalue weighted by atomic mass is 9.88. The number of hydrogen-bond donors (Lipinski definition) is 0. The Kier molecular flexibility index (Phi) is 4.11. The average molecular weight is 382 g/mol. The number of hydrogen-bond acceptors (Lipinski definition) is 6. The Bertz CT molecular complexity index is 973. The summed E-state index contributed by atoms with van der Waals surface area (Å²) in [4.78, 5) is 28.5. The lowest BCUT2D eigenvalue weighted by molar-refractivity contribution is 0.0714. The molecule has 3 aromatic rings. The fourth-order valence-corrected chi connectivity index (χ4v) is 5.36. The molecule has 0 bridgehead atoms. The van der Waals surface area contributed by atoms with E-state index in [0.717, 1.165) is 36.6 Å². The van der Waals surface area contributed by atoms with Crippen LogP contribution >= 0.6 is 11.3 Å². The zero-order valence-electron chi connectivity index (χ0n) is 15.4. The van der Waals surface area contributed by atoms with Crippen molar-refractivity contribution in [2.45, 2.75) is 26.2 Å². The summed E-state index contributed by atoms with van der Waals surface area (Å²) in [6.07, 6.45) is 6.76. The molecule has 1 saturated heterocycles. The Labute approximate surface area is 161 Å². The number of rotatable bonds is 2. The van der Waals surface area contributed by atoms with Gasteiger partial charge in [-0.05, 0) is 42.9 Å². The van der Waals surface area contributed by atoms with Crippen LogP contribution in [0.3, 0.4) is 0 Å². The summed E-state index contributed by atoms with van der Waals surface area (Å²) in [5.41, 5.74) is 1.46. The van der Waals surface area contributed by atoms with Gasteiger partial charge in [-0.3, -0.25) is 4.79 Å². The molecule has 0 aromatic carbocycles. The molecular weight excluding hydrogens is 360 g/mol. The topological polar surface area (TPSA) is 62.5 Å². The molecule has 5 rings (SSSR count). The van der Waals surface area contributed by atoms with Gasteiger partial charge in [0.15, 0.2) is 5.76 Å². The lowest BCUT2D eigenvalue weighted by Crippen LogP contribution is -2.49. The fraction of sp³-hybridized carbons (Fsp3) is 0.450. The molecule has 1 atom stereocenters. The first-order chi connectivity index (χ1) is 13.2. The van der Waals surface area contributed by atoms with Crippen molar-refractivity contribution in [2.75, 3.05) is 31.1 Å². The van der Waals surface area contributed by atoms with Gasteiger partial charge in [0.1, 0.15) is 17.0 Å². The highest BCUT2D eigenvalue weighted by molar-refractivity contribution is 7.19. The van der Waals surface area contributed by atoms with Gasteiger partial charge < -0.3 is 14.2 Å². The number of piperazine rings is 1. The normalized spacial score (nSPS) is 20.1. The minimum absolute atomic E-state index is 0.0331. The van der Waals surface area contributed by atoms with Crippen LogP contribution in [0.2, 0.25) is 0 Å². The molecule has 0 unspecified atom stereocenters. The zero-order chi connectivity index (χ0) is 18.4. The number of amides is 1. The number of thiophene rings is 1. The highest BCUT2D eigenvalue weighted by atomic mass is 32.1. The third-order valence-corrected chi connectivity index (χ3v) is 6.87. The van der Waals surface area contributed by atoms with Crippen LogP contribution in [0.15, 0.2) is 29.1 Å². The molecule has 3 aromatic heterocycles. The smallest absolute Gasteiger partial charge is 0.289 e. The molecule has 1 aliphatic heterocycles. The average Bonchev–Trinajstić information content (AvgIpc) is 3.35. The number of carbonyl (C=O) groups excluding carboxylic acids is 1. The van der Waals surface area contributed by atoms with Crippen molar-refractivity contribution in [3.63, 3.8) is 0 Å². The molecule has 27 heavy (non-hydrogen) atoms. The van der Waals surface area contributed by atoms with Crippen LogP contribution in [-0.2, 0) is 12.8 Å². The van der Waals surface area contributed by atoms with Gasteiger partial charge in [0.25, 0.3) is 5.91 Å². The predicted molar refractivity (Wildman–Crippen MR) is 105 cm³/mol. The number of fused-ring (bicyclic) bond motifs is 3. The first-order valence-corrected chi connectivity index (χ1v) is 10.4. The summed E-state index contributed by atoms with van der Waals surface area (Å²) in [5, 5.41) is 1.25. The quantitative estimate of drug-likeness (QED) is 0.680. The van der Waals surface area contributed by atoms with Crippen molar-refractivity contribution in [3.8, 4) is 0 Å². The van der Waals surface area contributed by atoms with Gasteiger partial charge in [0.2, 0.25) is 0 Å². The van der Waals surface area contributed by atoms with E-state index in [1.807, 2.05) is 16.2 Å². The Morgan fingerprint density at radius 3 is 2.89 bits per heavy atom. The first-order valence-electron chi connectivity index (χ1n) is 9.53. The van der Waals surface area contributed by atoms with E-state index >= 15 is 0 Å². The molecule has 140 valence electrons. The van der Waals surface area contributed by atoms with E-state index < -0.39 is 0 Å². The number of anilines is 1. The highest BCUT2D eigenvalue weighted by Crippen LogP contribution is 2.40. The molecule has 6 nitrogen and oxygen atoms in total. The van der Waals surface area contributed by atoms with Gasteiger partial charge >= 0.3 is 0 Å². The van der Waals surface area contributed by atoms with Crippen LogP contribution in [-0.4, -0.2) is 47.0 Å². The number of aryl methyl sites for hydroxylation is 1. The van der Waals surface area contributed by atoms with E-state index in [9.17, 15) is 4.79 Å². The predicted octanol–water partition coefficient (Wildman–Crippen LogP) is 3.37. The first kappa shape index (κ1) is 16.7. The van der Waals surface area contributed by atoms with Crippen LogP contribution in [0.25, 0.3) is 10.2 Å². The van der Waals surface area contributed by atoms with Gasteiger partial charge in [-0.1, -0.05) is 6.92 Å². The Hall–Kier alpha value is -2.41. The summed E-state index contributed by atoms with van der Waals surface area (Å²) < 4.78 is 5.26. The minimum atomic E-state index is -0.0331. The fourth-order valence-electron chi connectivity index (χ4n) is 4.18. The third kappa shape index (κ3) is 2.90. The molecule has 1 aliphatic carbocycles. The van der Waals surface area contributed by atoms with Crippen molar-refractivity contribution < 1.29 is 9.21 Å². The Morgan fingerprint density at radius 2 is 2.11 bits per heavy atom. The van der Waals surface area contributed by atoms with Crippen molar-refractivity contribution in [1.29, 1.82) is 0 Å². The van der Waals surface area contributed by atoms with Crippen LogP contribution in [0.1, 0.15) is 34.3 Å². The highest BCUT2D eigenvalue weighted by Gasteiger charge is 2.28. The van der Waals surface area contributed by atoms with Crippen molar-refractivity contribution in [3.05, 3.63) is 40.9 Å². The van der Waals surface area contributed by atoms with Gasteiger partial charge in [0, 0.05) is 31.1 Å². The molecule has 0 radical (unpaired) electrons. The second-order valence-electron chi connectivity index (χ2n) is 7.49. The van der Waals surface area contributed by atoms with Crippen molar-refractivity contribution >= 4 is 33.3 Å². The van der Waals surface area contributed by atoms with E-state index in [1.165, 1.54) is 22.2 Å². The molecule has 0 N–H and O–H groups in total. The summed E-state index contributed by atoms with van der Waals surface area (Å²) in [6.45, 7) is 5.23. The zero-order valence-corrected chi connectivity index (χ0v) is 16.2. The SMILES string of the molecule is C[C@H]1CCc2sc3ncnc(N4CCN(C(=O)c5ccco5)CC4)c3c2C1. The van der Waals surface area contributed by atoms with Crippen molar-refractivity contribution in [1.82, 2.24) is 14.9 Å². The Morgan fingerprint density at radius 1 is 1.26 bits per heavy atom. The van der Waals surface area contributed by atoms with Gasteiger partial charge in [-0.2, -0.15) is 0 Å². The van der Waals surface area contributed by atoms with Crippen LogP contribution < -0.4 is 4.90 Å². The molecule has 7 heteroatoms. The molecule has 1 fully saturated rings. The minimum Gasteiger partial charge on any atom is -0.459 e. The largest absolute Gasteiger partial charge is 0.459 e. The third-order valence-electron chi connectivity index (χ3n) is 5.67. The summed E-state index contributed by atoms with van der Waals surface area (Å²) >= 11 is 1.83. The monoisotopic (exact) mass is 382 g/mol. The number of nitrogens with zero attached hydrogens (tertiary/aromatic N) is 4. The van der Waals surface area contributed by atoms with Gasteiger partial charge in [-0.15, -0.1) is 11.3 Å². The van der Waals surface area contributed by atoms with E-state index in [1.54, 1.807) is 24.7 Å². The second kappa shape index (κ2) is 6.64. The maximum Gasteiger partial charge on any atom is 0.289 e. The molecule has 0 saturated carbocycles. The maximum atomic E-state index is 12.5. The lowest BCUT2D eigenvalue weighted by Gasteiger charge is -2.35. The van der Waals surface area contributed by atoms with E-state index in [4.69, 9.17) is 4.42 Å². The van der Waals surface area contributed by atoms with Crippen LogP contribution in [0.4, 0.5) is 5.82 Å². The summed E-state index contributed by atoms with van der Waals surface area (Å²) in [6, 6.07) is 3.48. The van der Waals surface area contributed by atoms with Crippen LogP contribution in [0, 0.1) is 5.92 Å². The Balaban J connectivity index is 1.41. The van der Waals surface area contributed by atoms with E-state index in [-0.39, 0.29) is 5.91 Å². The van der Waals surface area contributed by atoms with Gasteiger partial charge in [0.05, 0.1) is 11.6 Å². The standard InChI is InChI=1S/C20H22N4O2S/c1-13-4-5-16-14(11-13)17-18(21-12-22-19(17)27-16)23-6-8-24(9-7-23)20(25)15-3-2-10-26-15/h2-3,10,12-13H,4-9,11H2,1H3/t13-/m0/s1.